The van der Waals surface area contributed by atoms with Crippen LogP contribution in [0, 0.1) is 23.7 Å². The van der Waals surface area contributed by atoms with Gasteiger partial charge in [0.25, 0.3) is 0 Å². The van der Waals surface area contributed by atoms with Crippen LogP contribution in [-0.4, -0.2) is 27.7 Å². The average molecular weight is 272 g/mol. The molecule has 0 amide bonds. The largest absolute Gasteiger partial charge is 0.392 e. The van der Waals surface area contributed by atoms with Crippen molar-refractivity contribution in [3.8, 4) is 0 Å². The Morgan fingerprint density at radius 1 is 1.21 bits per heavy atom. The van der Waals surface area contributed by atoms with Crippen molar-refractivity contribution in [3.63, 3.8) is 0 Å². The normalized spacial score (nSPS) is 23.0. The molecule has 0 bridgehead atoms. The van der Waals surface area contributed by atoms with E-state index in [9.17, 15) is 15.0 Å². The van der Waals surface area contributed by atoms with E-state index in [0.717, 1.165) is 12.8 Å². The highest BCUT2D eigenvalue weighted by molar-refractivity contribution is 5.78. The SMILES string of the molecule is CC[C@H](C)C[C@@](C)(O)[C@H](C)[C@@H](C)[C@H](O)[C@@H](C)C(C)=O. The van der Waals surface area contributed by atoms with E-state index in [1.807, 2.05) is 20.8 Å². The first-order valence-electron chi connectivity index (χ1n) is 7.45. The van der Waals surface area contributed by atoms with Gasteiger partial charge >= 0.3 is 0 Å². The van der Waals surface area contributed by atoms with Crippen LogP contribution in [0.5, 0.6) is 0 Å². The molecule has 0 aliphatic carbocycles. The van der Waals surface area contributed by atoms with Gasteiger partial charge in [0.1, 0.15) is 5.78 Å². The van der Waals surface area contributed by atoms with Crippen LogP contribution >= 0.6 is 0 Å². The third kappa shape index (κ3) is 5.23. The van der Waals surface area contributed by atoms with Crippen molar-refractivity contribution in [2.24, 2.45) is 23.7 Å². The van der Waals surface area contributed by atoms with Gasteiger partial charge in [-0.15, -0.1) is 0 Å². The summed E-state index contributed by atoms with van der Waals surface area (Å²) in [5.74, 6) is -0.103. The molecule has 2 N–H and O–H groups in total. The van der Waals surface area contributed by atoms with Gasteiger partial charge in [0.05, 0.1) is 11.7 Å². The van der Waals surface area contributed by atoms with E-state index < -0.39 is 11.7 Å². The van der Waals surface area contributed by atoms with Gasteiger partial charge in [-0.25, -0.2) is 0 Å². The first-order valence-corrected chi connectivity index (χ1v) is 7.45. The number of carbonyl (C=O) groups is 1. The molecule has 19 heavy (non-hydrogen) atoms. The van der Waals surface area contributed by atoms with Crippen molar-refractivity contribution < 1.29 is 15.0 Å². The highest BCUT2D eigenvalue weighted by Crippen LogP contribution is 2.34. The lowest BCUT2D eigenvalue weighted by Crippen LogP contribution is -2.44. The maximum absolute atomic E-state index is 11.4. The molecule has 3 heteroatoms. The Hall–Kier alpha value is -0.410. The molecule has 0 saturated carbocycles. The van der Waals surface area contributed by atoms with E-state index >= 15 is 0 Å². The zero-order valence-corrected chi connectivity index (χ0v) is 13.6. The number of hydrogen-bond acceptors (Lipinski definition) is 3. The van der Waals surface area contributed by atoms with Crippen LogP contribution in [0.15, 0.2) is 0 Å². The fraction of sp³-hybridized carbons (Fsp3) is 0.938. The van der Waals surface area contributed by atoms with Crippen LogP contribution in [-0.2, 0) is 4.79 Å². The molecule has 0 heterocycles. The molecule has 0 radical (unpaired) electrons. The van der Waals surface area contributed by atoms with Crippen LogP contribution in [0.2, 0.25) is 0 Å². The van der Waals surface area contributed by atoms with Gasteiger partial charge in [0.15, 0.2) is 0 Å². The topological polar surface area (TPSA) is 57.5 Å². The first kappa shape index (κ1) is 18.6. The zero-order chi connectivity index (χ0) is 15.4. The van der Waals surface area contributed by atoms with Crippen molar-refractivity contribution in [1.29, 1.82) is 0 Å². The lowest BCUT2D eigenvalue weighted by atomic mass is 9.72. The second-order valence-electron chi connectivity index (χ2n) is 6.61. The highest BCUT2D eigenvalue weighted by atomic mass is 16.3. The van der Waals surface area contributed by atoms with Crippen molar-refractivity contribution >= 4 is 5.78 Å². The molecule has 0 rings (SSSR count). The van der Waals surface area contributed by atoms with E-state index in [1.165, 1.54) is 6.92 Å². The molecular weight excluding hydrogens is 240 g/mol. The van der Waals surface area contributed by atoms with Crippen LogP contribution in [0.1, 0.15) is 61.3 Å². The van der Waals surface area contributed by atoms with Crippen LogP contribution in [0.4, 0.5) is 0 Å². The van der Waals surface area contributed by atoms with Gasteiger partial charge in [-0.1, -0.05) is 41.0 Å². The molecular formula is C16H32O3. The van der Waals surface area contributed by atoms with Gasteiger partial charge in [-0.3, -0.25) is 4.79 Å². The summed E-state index contributed by atoms with van der Waals surface area (Å²) < 4.78 is 0. The smallest absolute Gasteiger partial charge is 0.135 e. The summed E-state index contributed by atoms with van der Waals surface area (Å²) >= 11 is 0. The molecule has 114 valence electrons. The second kappa shape index (κ2) is 7.39. The lowest BCUT2D eigenvalue weighted by molar-refractivity contribution is -0.127. The van der Waals surface area contributed by atoms with Gasteiger partial charge in [-0.05, 0) is 38.0 Å². The van der Waals surface area contributed by atoms with Gasteiger partial charge in [0, 0.05) is 5.92 Å². The van der Waals surface area contributed by atoms with E-state index in [1.54, 1.807) is 6.92 Å². The van der Waals surface area contributed by atoms with Gasteiger partial charge < -0.3 is 10.2 Å². The van der Waals surface area contributed by atoms with E-state index in [4.69, 9.17) is 0 Å². The molecule has 6 atom stereocenters. The van der Waals surface area contributed by atoms with Crippen molar-refractivity contribution in [2.75, 3.05) is 0 Å². The standard InChI is InChI=1S/C16H32O3/c1-8-10(2)9-16(7,19)13(5)11(3)15(18)12(4)14(6)17/h10-13,15,18-19H,8-9H2,1-7H3/t10-,11+,12-,13+,15-,16+/m0/s1. The van der Waals surface area contributed by atoms with Crippen molar-refractivity contribution in [3.05, 3.63) is 0 Å². The molecule has 0 unspecified atom stereocenters. The predicted molar refractivity (Wildman–Crippen MR) is 78.9 cm³/mol. The number of rotatable bonds is 8. The molecule has 0 saturated heterocycles. The summed E-state index contributed by atoms with van der Waals surface area (Å²) in [4.78, 5) is 11.4. The molecule has 0 fully saturated rings. The number of hydrogen-bond donors (Lipinski definition) is 2. The minimum Gasteiger partial charge on any atom is -0.392 e. The molecule has 0 aromatic carbocycles. The molecule has 0 aliphatic rings. The number of aliphatic hydroxyl groups excluding tert-OH is 1. The van der Waals surface area contributed by atoms with Crippen molar-refractivity contribution in [1.82, 2.24) is 0 Å². The quantitative estimate of drug-likeness (QED) is 0.714. The zero-order valence-electron chi connectivity index (χ0n) is 13.6. The number of aliphatic hydroxyl groups is 2. The van der Waals surface area contributed by atoms with Gasteiger partial charge in [-0.2, -0.15) is 0 Å². The molecule has 0 aromatic rings. The van der Waals surface area contributed by atoms with Crippen LogP contribution in [0.25, 0.3) is 0 Å². The van der Waals surface area contributed by atoms with E-state index in [0.29, 0.717) is 5.92 Å². The Bertz CT molecular complexity index is 286. The van der Waals surface area contributed by atoms with Crippen molar-refractivity contribution in [2.45, 2.75) is 73.0 Å². The Kier molecular flexibility index (Phi) is 7.23. The number of Topliss-reactive ketones (excluding diaryl/α,β-unsaturated/α-hetero) is 1. The summed E-state index contributed by atoms with van der Waals surface area (Å²) in [6.45, 7) is 13.2. The average Bonchev–Trinajstić information content (AvgIpc) is 2.34. The Morgan fingerprint density at radius 3 is 2.05 bits per heavy atom. The predicted octanol–water partition coefficient (Wildman–Crippen LogP) is 3.03. The van der Waals surface area contributed by atoms with Crippen LogP contribution < -0.4 is 0 Å². The third-order valence-electron chi connectivity index (χ3n) is 4.92. The summed E-state index contributed by atoms with van der Waals surface area (Å²) in [5, 5.41) is 20.9. The maximum Gasteiger partial charge on any atom is 0.135 e. The maximum atomic E-state index is 11.4. The molecule has 0 aliphatic heterocycles. The Morgan fingerprint density at radius 2 is 1.68 bits per heavy atom. The first-order chi connectivity index (χ1) is 8.54. The molecule has 0 spiro atoms. The third-order valence-corrected chi connectivity index (χ3v) is 4.92. The number of carbonyl (C=O) groups excluding carboxylic acids is 1. The van der Waals surface area contributed by atoms with E-state index in [-0.39, 0.29) is 23.5 Å². The monoisotopic (exact) mass is 272 g/mol. The summed E-state index contributed by atoms with van der Waals surface area (Å²) in [5.41, 5.74) is -0.813. The summed E-state index contributed by atoms with van der Waals surface area (Å²) in [7, 11) is 0. The van der Waals surface area contributed by atoms with Gasteiger partial charge in [0.2, 0.25) is 0 Å². The minimum absolute atomic E-state index is 0.00637. The highest BCUT2D eigenvalue weighted by Gasteiger charge is 2.38. The summed E-state index contributed by atoms with van der Waals surface area (Å²) in [6.07, 6.45) is 1.05. The lowest BCUT2D eigenvalue weighted by Gasteiger charge is -2.39. The Balaban J connectivity index is 4.78. The number of ketones is 1. The molecule has 0 aromatic heterocycles. The Labute approximate surface area is 118 Å². The van der Waals surface area contributed by atoms with E-state index in [2.05, 4.69) is 13.8 Å². The second-order valence-corrected chi connectivity index (χ2v) is 6.61. The fourth-order valence-electron chi connectivity index (χ4n) is 2.59. The fourth-order valence-corrected chi connectivity index (χ4v) is 2.59. The summed E-state index contributed by atoms with van der Waals surface area (Å²) in [6, 6.07) is 0. The minimum atomic E-state index is -0.813. The van der Waals surface area contributed by atoms with Crippen LogP contribution in [0.3, 0.4) is 0 Å². The molecule has 3 nitrogen and oxygen atoms in total.